The van der Waals surface area contributed by atoms with Gasteiger partial charge in [0.1, 0.15) is 0 Å². The molecule has 22 heavy (non-hydrogen) atoms. The highest BCUT2D eigenvalue weighted by molar-refractivity contribution is 8.00. The summed E-state index contributed by atoms with van der Waals surface area (Å²) in [5, 5.41) is 21.9. The van der Waals surface area contributed by atoms with E-state index in [1.165, 1.54) is 29.2 Å². The molecule has 1 saturated carbocycles. The predicted octanol–water partition coefficient (Wildman–Crippen LogP) is 3.09. The van der Waals surface area contributed by atoms with Gasteiger partial charge in [-0.25, -0.2) is 0 Å². The van der Waals surface area contributed by atoms with Gasteiger partial charge in [0.05, 0.1) is 4.92 Å². The number of non-ortho nitro benzene ring substituents is 1. The minimum absolute atomic E-state index is 0.00591. The van der Waals surface area contributed by atoms with E-state index in [1.54, 1.807) is 12.1 Å². The van der Waals surface area contributed by atoms with E-state index in [-0.39, 0.29) is 17.5 Å². The highest BCUT2D eigenvalue weighted by Gasteiger charge is 2.30. The van der Waals surface area contributed by atoms with Crippen molar-refractivity contribution in [2.45, 2.75) is 22.9 Å². The highest BCUT2D eigenvalue weighted by atomic mass is 32.2. The van der Waals surface area contributed by atoms with E-state index in [4.69, 9.17) is 0 Å². The average molecular weight is 336 g/mol. The molecule has 1 amide bonds. The molecule has 1 heterocycles. The Bertz CT molecular complexity index is 715. The zero-order chi connectivity index (χ0) is 15.5. The maximum atomic E-state index is 11.6. The Labute approximate surface area is 134 Å². The van der Waals surface area contributed by atoms with Crippen molar-refractivity contribution < 1.29 is 9.72 Å². The molecule has 1 aromatic carbocycles. The largest absolute Gasteiger partial charge is 0.300 e. The van der Waals surface area contributed by atoms with Crippen LogP contribution in [0.1, 0.15) is 18.4 Å². The Kier molecular flexibility index (Phi) is 4.34. The maximum absolute atomic E-state index is 11.6. The fourth-order valence-electron chi connectivity index (χ4n) is 1.78. The molecule has 0 saturated heterocycles. The summed E-state index contributed by atoms with van der Waals surface area (Å²) < 4.78 is 0.720. The average Bonchev–Trinajstić information content (AvgIpc) is 3.27. The van der Waals surface area contributed by atoms with Crippen LogP contribution in [-0.4, -0.2) is 21.0 Å². The zero-order valence-electron chi connectivity index (χ0n) is 11.4. The summed E-state index contributed by atoms with van der Waals surface area (Å²) in [6, 6.07) is 6.50. The molecule has 0 spiro atoms. The number of rotatable bonds is 6. The molecule has 1 N–H and O–H groups in total. The van der Waals surface area contributed by atoms with Crippen LogP contribution in [0.5, 0.6) is 0 Å². The molecule has 0 radical (unpaired) electrons. The SMILES string of the molecule is O=C(Nc1nnc(SCc2cccc([N+](=O)[O-])c2)s1)C1CC1. The minimum atomic E-state index is -0.412. The quantitative estimate of drug-likeness (QED) is 0.377. The second kappa shape index (κ2) is 6.41. The number of hydrogen-bond donors (Lipinski definition) is 1. The molecule has 0 aliphatic heterocycles. The van der Waals surface area contributed by atoms with Crippen LogP contribution >= 0.6 is 23.1 Å². The van der Waals surface area contributed by atoms with E-state index in [1.807, 2.05) is 6.07 Å². The van der Waals surface area contributed by atoms with Crippen molar-refractivity contribution in [3.8, 4) is 0 Å². The number of nitrogens with one attached hydrogen (secondary N) is 1. The lowest BCUT2D eigenvalue weighted by molar-refractivity contribution is -0.384. The lowest BCUT2D eigenvalue weighted by Gasteiger charge is -1.98. The molecule has 7 nitrogen and oxygen atoms in total. The first-order valence-electron chi connectivity index (χ1n) is 6.62. The van der Waals surface area contributed by atoms with Crippen molar-refractivity contribution in [1.82, 2.24) is 10.2 Å². The monoisotopic (exact) mass is 336 g/mol. The standard InChI is InChI=1S/C13H12N4O3S2/c18-11(9-4-5-9)14-12-15-16-13(22-12)21-7-8-2-1-3-10(6-8)17(19)20/h1-3,6,9H,4-5,7H2,(H,14,15,18). The smallest absolute Gasteiger partial charge is 0.269 e. The van der Waals surface area contributed by atoms with Gasteiger partial charge in [0, 0.05) is 23.8 Å². The van der Waals surface area contributed by atoms with Gasteiger partial charge in [-0.1, -0.05) is 35.2 Å². The normalized spacial score (nSPS) is 13.8. The van der Waals surface area contributed by atoms with Crippen molar-refractivity contribution in [2.24, 2.45) is 5.92 Å². The Morgan fingerprint density at radius 2 is 2.27 bits per heavy atom. The van der Waals surface area contributed by atoms with Gasteiger partial charge in [-0.15, -0.1) is 10.2 Å². The van der Waals surface area contributed by atoms with Crippen molar-refractivity contribution in [3.63, 3.8) is 0 Å². The van der Waals surface area contributed by atoms with E-state index >= 15 is 0 Å². The molecule has 3 rings (SSSR count). The predicted molar refractivity (Wildman–Crippen MR) is 83.9 cm³/mol. The van der Waals surface area contributed by atoms with Gasteiger partial charge in [0.25, 0.3) is 5.69 Å². The highest BCUT2D eigenvalue weighted by Crippen LogP contribution is 2.32. The number of carbonyl (C=O) groups excluding carboxylic acids is 1. The van der Waals surface area contributed by atoms with Gasteiger partial charge in [-0.3, -0.25) is 14.9 Å². The molecular formula is C13H12N4O3S2. The summed E-state index contributed by atoms with van der Waals surface area (Å²) >= 11 is 2.75. The van der Waals surface area contributed by atoms with E-state index in [0.29, 0.717) is 10.9 Å². The van der Waals surface area contributed by atoms with Gasteiger partial charge in [-0.2, -0.15) is 0 Å². The molecule has 1 aliphatic carbocycles. The van der Waals surface area contributed by atoms with Crippen molar-refractivity contribution in [2.75, 3.05) is 5.32 Å². The number of benzene rings is 1. The number of nitrogens with zero attached hydrogens (tertiary/aromatic N) is 3. The number of nitro benzene ring substituents is 1. The number of anilines is 1. The summed E-state index contributed by atoms with van der Waals surface area (Å²) in [6.45, 7) is 0. The van der Waals surface area contributed by atoms with Gasteiger partial charge in [0.15, 0.2) is 4.34 Å². The Morgan fingerprint density at radius 1 is 1.45 bits per heavy atom. The first-order valence-corrected chi connectivity index (χ1v) is 8.42. The Balaban J connectivity index is 1.57. The first-order chi connectivity index (χ1) is 10.6. The molecular weight excluding hydrogens is 324 g/mol. The minimum Gasteiger partial charge on any atom is -0.300 e. The van der Waals surface area contributed by atoms with Crippen molar-refractivity contribution in [1.29, 1.82) is 0 Å². The third-order valence-corrected chi connectivity index (χ3v) is 5.11. The van der Waals surface area contributed by atoms with Crippen LogP contribution in [0.2, 0.25) is 0 Å². The molecule has 9 heteroatoms. The van der Waals surface area contributed by atoms with Crippen LogP contribution < -0.4 is 5.32 Å². The number of amides is 1. The van der Waals surface area contributed by atoms with Crippen LogP contribution in [0, 0.1) is 16.0 Å². The number of aromatic nitrogens is 2. The van der Waals surface area contributed by atoms with Crippen LogP contribution in [-0.2, 0) is 10.5 Å². The van der Waals surface area contributed by atoms with Crippen molar-refractivity contribution >= 4 is 39.8 Å². The molecule has 0 unspecified atom stereocenters. The lowest BCUT2D eigenvalue weighted by Crippen LogP contribution is -2.12. The summed E-state index contributed by atoms with van der Waals surface area (Å²) in [6.07, 6.45) is 1.89. The van der Waals surface area contributed by atoms with Crippen LogP contribution in [0.15, 0.2) is 28.6 Å². The number of nitro groups is 1. The molecule has 0 atom stereocenters. The maximum Gasteiger partial charge on any atom is 0.269 e. The Morgan fingerprint density at radius 3 is 3.00 bits per heavy atom. The lowest BCUT2D eigenvalue weighted by atomic mass is 10.2. The van der Waals surface area contributed by atoms with E-state index in [2.05, 4.69) is 15.5 Å². The fourth-order valence-corrected chi connectivity index (χ4v) is 3.47. The summed E-state index contributed by atoms with van der Waals surface area (Å²) in [5.41, 5.74) is 0.922. The molecule has 1 aliphatic rings. The van der Waals surface area contributed by atoms with Gasteiger partial charge in [-0.05, 0) is 18.4 Å². The Hall–Kier alpha value is -2.00. The fraction of sp³-hybridized carbons (Fsp3) is 0.308. The molecule has 114 valence electrons. The number of hydrogen-bond acceptors (Lipinski definition) is 7. The van der Waals surface area contributed by atoms with Gasteiger partial charge < -0.3 is 5.32 Å². The third-order valence-electron chi connectivity index (χ3n) is 3.07. The van der Waals surface area contributed by atoms with E-state index in [9.17, 15) is 14.9 Å². The summed E-state index contributed by atoms with van der Waals surface area (Å²) in [4.78, 5) is 21.9. The number of carbonyl (C=O) groups is 1. The molecule has 1 fully saturated rings. The summed E-state index contributed by atoms with van der Waals surface area (Å²) in [7, 11) is 0. The number of thioether (sulfide) groups is 1. The van der Waals surface area contributed by atoms with E-state index < -0.39 is 4.92 Å². The van der Waals surface area contributed by atoms with Gasteiger partial charge in [0.2, 0.25) is 11.0 Å². The van der Waals surface area contributed by atoms with Gasteiger partial charge >= 0.3 is 0 Å². The van der Waals surface area contributed by atoms with Crippen LogP contribution in [0.25, 0.3) is 0 Å². The van der Waals surface area contributed by atoms with E-state index in [0.717, 1.165) is 22.7 Å². The second-order valence-corrected chi connectivity index (χ2v) is 7.05. The van der Waals surface area contributed by atoms with Crippen molar-refractivity contribution in [3.05, 3.63) is 39.9 Å². The first kappa shape index (κ1) is 14.9. The molecule has 2 aromatic rings. The molecule has 0 bridgehead atoms. The topological polar surface area (TPSA) is 98.0 Å². The second-order valence-electron chi connectivity index (χ2n) is 4.85. The summed E-state index contributed by atoms with van der Waals surface area (Å²) in [5.74, 6) is 0.698. The van der Waals surface area contributed by atoms with Crippen LogP contribution in [0.3, 0.4) is 0 Å². The third kappa shape index (κ3) is 3.80. The molecule has 1 aromatic heterocycles. The van der Waals surface area contributed by atoms with Crippen LogP contribution in [0.4, 0.5) is 10.8 Å². The zero-order valence-corrected chi connectivity index (χ0v) is 13.0.